The van der Waals surface area contributed by atoms with Crippen molar-refractivity contribution >= 4 is 5.91 Å². The van der Waals surface area contributed by atoms with Gasteiger partial charge in [-0.2, -0.15) is 10.1 Å². The van der Waals surface area contributed by atoms with Gasteiger partial charge in [0.1, 0.15) is 11.2 Å². The average Bonchev–Trinajstić information content (AvgIpc) is 3.36. The van der Waals surface area contributed by atoms with E-state index in [1.165, 1.54) is 25.7 Å². The van der Waals surface area contributed by atoms with Crippen molar-refractivity contribution in [2.24, 2.45) is 0 Å². The zero-order valence-electron chi connectivity index (χ0n) is 14.2. The Morgan fingerprint density at radius 1 is 1.24 bits per heavy atom. The van der Waals surface area contributed by atoms with Crippen LogP contribution in [0.3, 0.4) is 0 Å². The zero-order chi connectivity index (χ0) is 17.1. The minimum absolute atomic E-state index is 0.218. The Kier molecular flexibility index (Phi) is 4.52. The quantitative estimate of drug-likeness (QED) is 0.880. The van der Waals surface area contributed by atoms with Gasteiger partial charge in [0, 0.05) is 37.7 Å². The Hall–Kier alpha value is -2.22. The maximum absolute atomic E-state index is 12.8. The van der Waals surface area contributed by atoms with Crippen molar-refractivity contribution in [3.8, 4) is 0 Å². The van der Waals surface area contributed by atoms with Crippen molar-refractivity contribution in [3.63, 3.8) is 0 Å². The molecule has 2 N–H and O–H groups in total. The van der Waals surface area contributed by atoms with E-state index in [0.29, 0.717) is 43.5 Å². The van der Waals surface area contributed by atoms with Crippen molar-refractivity contribution in [2.45, 2.75) is 56.4 Å². The SMILES string of the molecule is O=C(NC1(c2ncon2)CCOCC1)c1cc(C2CCCCC2)[nH]n1. The largest absolute Gasteiger partial charge is 0.381 e. The number of nitrogens with zero attached hydrogens (tertiary/aromatic N) is 3. The lowest BCUT2D eigenvalue weighted by molar-refractivity contribution is 0.0304. The van der Waals surface area contributed by atoms with E-state index in [0.717, 1.165) is 18.5 Å². The molecule has 2 aliphatic rings. The molecule has 2 aromatic heterocycles. The summed E-state index contributed by atoms with van der Waals surface area (Å²) in [7, 11) is 0. The van der Waals surface area contributed by atoms with Gasteiger partial charge in [-0.3, -0.25) is 9.89 Å². The van der Waals surface area contributed by atoms with Crippen LogP contribution in [0.5, 0.6) is 0 Å². The topological polar surface area (TPSA) is 106 Å². The summed E-state index contributed by atoms with van der Waals surface area (Å²) in [5.74, 6) is 0.759. The summed E-state index contributed by atoms with van der Waals surface area (Å²) in [6, 6.07) is 1.88. The molecule has 0 radical (unpaired) electrons. The van der Waals surface area contributed by atoms with E-state index in [4.69, 9.17) is 9.26 Å². The number of hydrogen-bond donors (Lipinski definition) is 2. The molecule has 2 aromatic rings. The Balaban J connectivity index is 1.51. The van der Waals surface area contributed by atoms with E-state index in [1.807, 2.05) is 6.07 Å². The van der Waals surface area contributed by atoms with E-state index < -0.39 is 5.54 Å². The molecule has 1 saturated carbocycles. The highest BCUT2D eigenvalue weighted by atomic mass is 16.5. The maximum atomic E-state index is 12.8. The van der Waals surface area contributed by atoms with Gasteiger partial charge in [-0.15, -0.1) is 0 Å². The number of amides is 1. The number of ether oxygens (including phenoxy) is 1. The first-order chi connectivity index (χ1) is 12.3. The maximum Gasteiger partial charge on any atom is 0.272 e. The first kappa shape index (κ1) is 16.3. The molecule has 1 aliphatic carbocycles. The summed E-state index contributed by atoms with van der Waals surface area (Å²) in [4.78, 5) is 16.9. The minimum Gasteiger partial charge on any atom is -0.381 e. The number of nitrogens with one attached hydrogen (secondary N) is 2. The minimum atomic E-state index is -0.660. The molecule has 134 valence electrons. The summed E-state index contributed by atoms with van der Waals surface area (Å²) in [6.07, 6.45) is 8.61. The number of aromatic nitrogens is 4. The highest BCUT2D eigenvalue weighted by molar-refractivity contribution is 5.93. The van der Waals surface area contributed by atoms with E-state index in [-0.39, 0.29) is 5.91 Å². The second-order valence-corrected chi connectivity index (χ2v) is 6.95. The molecular weight excluding hydrogens is 322 g/mol. The van der Waals surface area contributed by atoms with Gasteiger partial charge in [-0.05, 0) is 18.9 Å². The van der Waals surface area contributed by atoms with Gasteiger partial charge in [0.15, 0.2) is 5.82 Å². The number of aromatic amines is 1. The van der Waals surface area contributed by atoms with Gasteiger partial charge in [-0.25, -0.2) is 0 Å². The highest BCUT2D eigenvalue weighted by Gasteiger charge is 2.40. The predicted molar refractivity (Wildman–Crippen MR) is 87.9 cm³/mol. The molecule has 4 rings (SSSR count). The Morgan fingerprint density at radius 3 is 2.76 bits per heavy atom. The second-order valence-electron chi connectivity index (χ2n) is 6.95. The Morgan fingerprint density at radius 2 is 2.04 bits per heavy atom. The van der Waals surface area contributed by atoms with Crippen LogP contribution in [0.25, 0.3) is 0 Å². The fourth-order valence-corrected chi connectivity index (χ4v) is 3.86. The fourth-order valence-electron chi connectivity index (χ4n) is 3.86. The van der Waals surface area contributed by atoms with E-state index in [1.54, 1.807) is 0 Å². The van der Waals surface area contributed by atoms with Gasteiger partial charge in [0.2, 0.25) is 6.39 Å². The van der Waals surface area contributed by atoms with Gasteiger partial charge in [0.25, 0.3) is 5.91 Å². The lowest BCUT2D eigenvalue weighted by Crippen LogP contribution is -2.50. The molecule has 0 bridgehead atoms. The number of carbonyl (C=O) groups excluding carboxylic acids is 1. The van der Waals surface area contributed by atoms with Gasteiger partial charge < -0.3 is 14.6 Å². The van der Waals surface area contributed by atoms with Crippen LogP contribution in [-0.2, 0) is 10.3 Å². The molecule has 25 heavy (non-hydrogen) atoms. The number of hydrogen-bond acceptors (Lipinski definition) is 6. The van der Waals surface area contributed by atoms with Crippen LogP contribution in [0, 0.1) is 0 Å². The molecule has 2 fully saturated rings. The second kappa shape index (κ2) is 6.95. The van der Waals surface area contributed by atoms with Gasteiger partial charge >= 0.3 is 0 Å². The Bertz CT molecular complexity index is 700. The number of carbonyl (C=O) groups is 1. The van der Waals surface area contributed by atoms with E-state index >= 15 is 0 Å². The van der Waals surface area contributed by atoms with Crippen LogP contribution >= 0.6 is 0 Å². The molecule has 1 saturated heterocycles. The van der Waals surface area contributed by atoms with Crippen LogP contribution in [0.15, 0.2) is 17.0 Å². The van der Waals surface area contributed by atoms with Crippen LogP contribution < -0.4 is 5.32 Å². The van der Waals surface area contributed by atoms with E-state index in [2.05, 4.69) is 25.7 Å². The summed E-state index contributed by atoms with van der Waals surface area (Å²) >= 11 is 0. The monoisotopic (exact) mass is 345 g/mol. The third-order valence-corrected chi connectivity index (χ3v) is 5.36. The van der Waals surface area contributed by atoms with Crippen LogP contribution in [0.4, 0.5) is 0 Å². The molecule has 3 heterocycles. The first-order valence-corrected chi connectivity index (χ1v) is 8.99. The van der Waals surface area contributed by atoms with Gasteiger partial charge in [-0.1, -0.05) is 24.4 Å². The summed E-state index contributed by atoms with van der Waals surface area (Å²) in [5.41, 5.74) is 0.812. The standard InChI is InChI=1S/C17H23N5O3/c23-15(14-10-13(20-21-14)12-4-2-1-3-5-12)19-17(6-8-24-9-7-17)16-18-11-25-22-16/h10-12H,1-9H2,(H,19,23)(H,20,21). The summed E-state index contributed by atoms with van der Waals surface area (Å²) < 4.78 is 10.3. The molecule has 0 spiro atoms. The van der Waals surface area contributed by atoms with Crippen molar-refractivity contribution in [2.75, 3.05) is 13.2 Å². The molecule has 0 unspecified atom stereocenters. The van der Waals surface area contributed by atoms with Crippen LogP contribution in [-0.4, -0.2) is 39.5 Å². The summed E-state index contributed by atoms with van der Waals surface area (Å²) in [6.45, 7) is 1.09. The van der Waals surface area contributed by atoms with Gasteiger partial charge in [0.05, 0.1) is 0 Å². The molecule has 0 atom stereocenters. The zero-order valence-corrected chi connectivity index (χ0v) is 14.2. The summed E-state index contributed by atoms with van der Waals surface area (Å²) in [5, 5.41) is 14.3. The Labute approximate surface area is 145 Å². The van der Waals surface area contributed by atoms with Crippen LogP contribution in [0.1, 0.15) is 72.9 Å². The van der Waals surface area contributed by atoms with E-state index in [9.17, 15) is 4.79 Å². The number of H-pyrrole nitrogens is 1. The number of rotatable bonds is 4. The van der Waals surface area contributed by atoms with Crippen molar-refractivity contribution in [1.29, 1.82) is 0 Å². The fraction of sp³-hybridized carbons (Fsp3) is 0.647. The lowest BCUT2D eigenvalue weighted by Gasteiger charge is -2.34. The highest BCUT2D eigenvalue weighted by Crippen LogP contribution is 2.32. The molecular formula is C17H23N5O3. The molecule has 1 amide bonds. The first-order valence-electron chi connectivity index (χ1n) is 8.99. The molecule has 1 aliphatic heterocycles. The lowest BCUT2D eigenvalue weighted by atomic mass is 9.87. The normalized spacial score (nSPS) is 21.1. The third kappa shape index (κ3) is 3.30. The molecule has 8 nitrogen and oxygen atoms in total. The van der Waals surface area contributed by atoms with Crippen LogP contribution in [0.2, 0.25) is 0 Å². The molecule has 0 aromatic carbocycles. The average molecular weight is 345 g/mol. The van der Waals surface area contributed by atoms with Crippen molar-refractivity contribution in [1.82, 2.24) is 25.7 Å². The smallest absolute Gasteiger partial charge is 0.272 e. The van der Waals surface area contributed by atoms with Crippen molar-refractivity contribution in [3.05, 3.63) is 29.7 Å². The third-order valence-electron chi connectivity index (χ3n) is 5.36. The van der Waals surface area contributed by atoms with Crippen molar-refractivity contribution < 1.29 is 14.1 Å². The molecule has 8 heteroatoms. The predicted octanol–water partition coefficient (Wildman–Crippen LogP) is 2.28.